The van der Waals surface area contributed by atoms with Gasteiger partial charge in [0.25, 0.3) is 0 Å². The first-order valence-corrected chi connectivity index (χ1v) is 7.06. The van der Waals surface area contributed by atoms with Gasteiger partial charge < -0.3 is 11.1 Å². The zero-order valence-electron chi connectivity index (χ0n) is 11.1. The number of hydrogen-bond acceptors (Lipinski definition) is 4. The van der Waals surface area contributed by atoms with E-state index in [1.165, 1.54) is 11.3 Å². The van der Waals surface area contributed by atoms with E-state index in [1.54, 1.807) is 6.20 Å². The fourth-order valence-electron chi connectivity index (χ4n) is 1.73. The predicted octanol–water partition coefficient (Wildman–Crippen LogP) is 2.05. The molecule has 1 aromatic rings. The molecule has 0 aromatic carbocycles. The number of carbonyl (C=O) groups is 1. The Kier molecular flexibility index (Phi) is 4.81. The Labute approximate surface area is 117 Å². The van der Waals surface area contributed by atoms with E-state index in [4.69, 9.17) is 18.0 Å². The molecule has 18 heavy (non-hydrogen) atoms. The molecule has 0 spiro atoms. The van der Waals surface area contributed by atoms with Gasteiger partial charge in [0.1, 0.15) is 5.01 Å². The second-order valence-corrected chi connectivity index (χ2v) is 6.44. The topological polar surface area (TPSA) is 68.0 Å². The number of hydrogen-bond donors (Lipinski definition) is 2. The average Bonchev–Trinajstić information content (AvgIpc) is 2.67. The van der Waals surface area contributed by atoms with Gasteiger partial charge in [-0.3, -0.25) is 4.79 Å². The van der Waals surface area contributed by atoms with Crippen LogP contribution in [0.2, 0.25) is 0 Å². The van der Waals surface area contributed by atoms with Gasteiger partial charge in [-0.2, -0.15) is 0 Å². The summed E-state index contributed by atoms with van der Waals surface area (Å²) in [6.07, 6.45) is 1.72. The molecule has 6 heteroatoms. The number of nitrogens with two attached hydrogens (primary N) is 1. The maximum absolute atomic E-state index is 12.2. The maximum Gasteiger partial charge on any atom is 0.230 e. The molecule has 1 unspecified atom stereocenters. The Bertz CT molecular complexity index is 427. The zero-order valence-corrected chi connectivity index (χ0v) is 12.7. The molecule has 1 aromatic heterocycles. The summed E-state index contributed by atoms with van der Waals surface area (Å²) in [5.74, 6) is -0.508. The predicted molar refractivity (Wildman–Crippen MR) is 78.4 cm³/mol. The van der Waals surface area contributed by atoms with E-state index in [1.807, 2.05) is 33.1 Å². The lowest BCUT2D eigenvalue weighted by Crippen LogP contribution is -2.48. The molecular weight excluding hydrogens is 266 g/mol. The first kappa shape index (κ1) is 15.0. The highest BCUT2D eigenvalue weighted by Gasteiger charge is 2.31. The van der Waals surface area contributed by atoms with Crippen LogP contribution in [0.4, 0.5) is 0 Å². The van der Waals surface area contributed by atoms with E-state index in [0.717, 1.165) is 5.01 Å². The van der Waals surface area contributed by atoms with Crippen LogP contribution in [0, 0.1) is 11.8 Å². The second kappa shape index (κ2) is 5.75. The Morgan fingerprint density at radius 3 is 2.56 bits per heavy atom. The van der Waals surface area contributed by atoms with Crippen molar-refractivity contribution in [2.75, 3.05) is 0 Å². The van der Waals surface area contributed by atoms with Crippen LogP contribution in [0.15, 0.2) is 11.6 Å². The summed E-state index contributed by atoms with van der Waals surface area (Å²) in [5.41, 5.74) is 5.12. The molecule has 3 N–H and O–H groups in total. The van der Waals surface area contributed by atoms with Gasteiger partial charge in [0.2, 0.25) is 5.91 Å². The van der Waals surface area contributed by atoms with Crippen LogP contribution in [0.25, 0.3) is 0 Å². The van der Waals surface area contributed by atoms with E-state index in [0.29, 0.717) is 0 Å². The van der Waals surface area contributed by atoms with Crippen molar-refractivity contribution in [3.63, 3.8) is 0 Å². The lowest BCUT2D eigenvalue weighted by atomic mass is 9.93. The summed E-state index contributed by atoms with van der Waals surface area (Å²) in [6.45, 7) is 7.70. The second-order valence-electron chi connectivity index (χ2n) is 5.08. The monoisotopic (exact) mass is 285 g/mol. The number of thiazole rings is 1. The third kappa shape index (κ3) is 3.49. The number of rotatable bonds is 5. The van der Waals surface area contributed by atoms with Crippen LogP contribution < -0.4 is 11.1 Å². The first-order valence-electron chi connectivity index (χ1n) is 5.77. The van der Waals surface area contributed by atoms with Crippen LogP contribution in [0.1, 0.15) is 32.7 Å². The highest BCUT2D eigenvalue weighted by Crippen LogP contribution is 2.23. The fraction of sp³-hybridized carbons (Fsp3) is 0.583. The maximum atomic E-state index is 12.2. The van der Waals surface area contributed by atoms with Gasteiger partial charge in [-0.05, 0) is 19.8 Å². The molecule has 0 aliphatic carbocycles. The number of nitrogens with zero attached hydrogens (tertiary/aromatic N) is 1. The van der Waals surface area contributed by atoms with Crippen LogP contribution in [0.3, 0.4) is 0 Å². The molecule has 4 nitrogen and oxygen atoms in total. The Morgan fingerprint density at radius 2 is 2.17 bits per heavy atom. The minimum atomic E-state index is -0.511. The molecule has 0 saturated heterocycles. The largest absolute Gasteiger partial charge is 0.393 e. The molecule has 0 aliphatic rings. The van der Waals surface area contributed by atoms with Crippen molar-refractivity contribution in [1.29, 1.82) is 0 Å². The molecule has 1 amide bonds. The fourth-order valence-corrected chi connectivity index (χ4v) is 2.83. The van der Waals surface area contributed by atoms with E-state index in [-0.39, 0.29) is 16.8 Å². The van der Waals surface area contributed by atoms with Crippen molar-refractivity contribution in [3.05, 3.63) is 16.6 Å². The molecule has 1 heterocycles. The molecule has 100 valence electrons. The van der Waals surface area contributed by atoms with E-state index in [9.17, 15) is 4.79 Å². The molecule has 1 rings (SSSR count). The number of carbonyl (C=O) groups excluding carboxylic acids is 1. The highest BCUT2D eigenvalue weighted by atomic mass is 32.1. The van der Waals surface area contributed by atoms with Crippen molar-refractivity contribution in [2.24, 2.45) is 17.6 Å². The van der Waals surface area contributed by atoms with Crippen molar-refractivity contribution in [3.8, 4) is 0 Å². The Morgan fingerprint density at radius 1 is 1.56 bits per heavy atom. The number of nitrogens with one attached hydrogen (secondary N) is 1. The summed E-state index contributed by atoms with van der Waals surface area (Å²) in [5, 5.41) is 5.71. The number of aromatic nitrogens is 1. The van der Waals surface area contributed by atoms with Gasteiger partial charge >= 0.3 is 0 Å². The minimum absolute atomic E-state index is 0.0783. The number of amides is 1. The van der Waals surface area contributed by atoms with Gasteiger partial charge in [-0.15, -0.1) is 11.3 Å². The first-order chi connectivity index (χ1) is 8.25. The summed E-state index contributed by atoms with van der Waals surface area (Å²) < 4.78 is 0. The summed E-state index contributed by atoms with van der Waals surface area (Å²) in [4.78, 5) is 16.7. The average molecular weight is 285 g/mol. The molecule has 0 saturated carbocycles. The van der Waals surface area contributed by atoms with E-state index >= 15 is 0 Å². The Balaban J connectivity index is 2.84. The van der Waals surface area contributed by atoms with Gasteiger partial charge in [0.05, 0.1) is 16.4 Å². The van der Waals surface area contributed by atoms with Crippen LogP contribution in [-0.4, -0.2) is 15.9 Å². The Hall–Kier alpha value is -1.01. The van der Waals surface area contributed by atoms with Gasteiger partial charge in [-0.25, -0.2) is 4.98 Å². The van der Waals surface area contributed by atoms with Gasteiger partial charge in [-0.1, -0.05) is 26.1 Å². The van der Waals surface area contributed by atoms with Crippen LogP contribution in [-0.2, 0) is 10.3 Å². The third-order valence-corrected chi connectivity index (χ3v) is 4.01. The summed E-state index contributed by atoms with van der Waals surface area (Å²) >= 11 is 6.47. The number of thiocarbonyl (C=S) groups is 1. The molecule has 0 radical (unpaired) electrons. The quantitative estimate of drug-likeness (QED) is 0.813. The SMILES string of the molecule is CC(C)C(C(=O)NC(C)(C)c1nccs1)C(N)=S. The molecule has 0 aliphatic heterocycles. The van der Waals surface area contributed by atoms with Gasteiger partial charge in [0, 0.05) is 11.6 Å². The minimum Gasteiger partial charge on any atom is -0.393 e. The zero-order chi connectivity index (χ0) is 13.9. The van der Waals surface area contributed by atoms with Crippen molar-refractivity contribution in [1.82, 2.24) is 10.3 Å². The normalized spacial score (nSPS) is 13.4. The lowest BCUT2D eigenvalue weighted by molar-refractivity contribution is -0.125. The van der Waals surface area contributed by atoms with E-state index < -0.39 is 11.5 Å². The molecule has 0 fully saturated rings. The lowest BCUT2D eigenvalue weighted by Gasteiger charge is -2.28. The third-order valence-electron chi connectivity index (χ3n) is 2.66. The highest BCUT2D eigenvalue weighted by molar-refractivity contribution is 7.80. The molecule has 1 atom stereocenters. The van der Waals surface area contributed by atoms with E-state index in [2.05, 4.69) is 10.3 Å². The standard InChI is InChI=1S/C12H19N3OS2/c1-7(2)8(9(13)17)10(16)15-12(3,4)11-14-5-6-18-11/h5-8H,1-4H3,(H2,13,17)(H,15,16). The van der Waals surface area contributed by atoms with Crippen molar-refractivity contribution < 1.29 is 4.79 Å². The van der Waals surface area contributed by atoms with Crippen LogP contribution in [0.5, 0.6) is 0 Å². The summed E-state index contributed by atoms with van der Waals surface area (Å²) in [7, 11) is 0. The smallest absolute Gasteiger partial charge is 0.230 e. The van der Waals surface area contributed by atoms with Crippen molar-refractivity contribution >= 4 is 34.5 Å². The van der Waals surface area contributed by atoms with Crippen molar-refractivity contribution in [2.45, 2.75) is 33.2 Å². The van der Waals surface area contributed by atoms with Crippen LogP contribution >= 0.6 is 23.6 Å². The molecular formula is C12H19N3OS2. The van der Waals surface area contributed by atoms with Gasteiger partial charge in [0.15, 0.2) is 0 Å². The molecule has 0 bridgehead atoms. The summed E-state index contributed by atoms with van der Waals surface area (Å²) in [6, 6.07) is 0.